The number of hydrogen-bond donors (Lipinski definition) is 2. The van der Waals surface area contributed by atoms with Crippen LogP contribution in [0.4, 0.5) is 14.5 Å². The maximum atomic E-state index is 13.6. The summed E-state index contributed by atoms with van der Waals surface area (Å²) in [7, 11) is -3.85. The van der Waals surface area contributed by atoms with E-state index in [4.69, 9.17) is 0 Å². The highest BCUT2D eigenvalue weighted by molar-refractivity contribution is 7.90. The van der Waals surface area contributed by atoms with Gasteiger partial charge in [0, 0.05) is 32.2 Å². The molecule has 0 atom stereocenters. The van der Waals surface area contributed by atoms with Crippen molar-refractivity contribution < 1.29 is 17.2 Å². The third-order valence-electron chi connectivity index (χ3n) is 2.90. The van der Waals surface area contributed by atoms with Gasteiger partial charge in [0.25, 0.3) is 0 Å². The van der Waals surface area contributed by atoms with E-state index in [1.165, 1.54) is 11.2 Å². The van der Waals surface area contributed by atoms with Crippen molar-refractivity contribution in [2.45, 2.75) is 6.92 Å². The van der Waals surface area contributed by atoms with Crippen LogP contribution in [0.1, 0.15) is 5.56 Å². The lowest BCUT2D eigenvalue weighted by Gasteiger charge is -2.27. The van der Waals surface area contributed by atoms with Gasteiger partial charge in [-0.3, -0.25) is 4.72 Å². The van der Waals surface area contributed by atoms with Crippen molar-refractivity contribution in [3.8, 4) is 0 Å². The smallest absolute Gasteiger partial charge is 0.301 e. The number of aryl methyl sites for hydroxylation is 1. The van der Waals surface area contributed by atoms with Crippen molar-refractivity contribution in [2.75, 3.05) is 30.9 Å². The number of benzene rings is 1. The zero-order valence-electron chi connectivity index (χ0n) is 10.4. The van der Waals surface area contributed by atoms with E-state index in [0.29, 0.717) is 26.2 Å². The molecule has 0 spiro atoms. The largest absolute Gasteiger partial charge is 0.314 e. The molecule has 0 unspecified atom stereocenters. The van der Waals surface area contributed by atoms with Gasteiger partial charge in [0.15, 0.2) is 0 Å². The number of rotatable bonds is 3. The number of anilines is 1. The Bertz CT molecular complexity index is 572. The molecule has 1 saturated heterocycles. The van der Waals surface area contributed by atoms with E-state index < -0.39 is 21.8 Å². The molecule has 2 N–H and O–H groups in total. The molecule has 0 amide bonds. The van der Waals surface area contributed by atoms with Gasteiger partial charge in [-0.15, -0.1) is 0 Å². The third kappa shape index (κ3) is 3.20. The first-order valence-electron chi connectivity index (χ1n) is 5.84. The Morgan fingerprint density at radius 1 is 1.21 bits per heavy atom. The van der Waals surface area contributed by atoms with Gasteiger partial charge in [0.1, 0.15) is 11.6 Å². The van der Waals surface area contributed by atoms with Crippen LogP contribution >= 0.6 is 0 Å². The second-order valence-electron chi connectivity index (χ2n) is 4.34. The molecule has 19 heavy (non-hydrogen) atoms. The van der Waals surface area contributed by atoms with E-state index in [2.05, 4.69) is 10.0 Å². The van der Waals surface area contributed by atoms with E-state index >= 15 is 0 Å². The Morgan fingerprint density at radius 3 is 2.47 bits per heavy atom. The quantitative estimate of drug-likeness (QED) is 0.867. The molecule has 0 aliphatic carbocycles. The SMILES string of the molecule is Cc1cc(F)c(NS(=O)(=O)N2CCNCC2)cc1F. The molecule has 8 heteroatoms. The lowest BCUT2D eigenvalue weighted by Crippen LogP contribution is -2.48. The number of piperazine rings is 1. The highest BCUT2D eigenvalue weighted by Gasteiger charge is 2.24. The standard InChI is InChI=1S/C11H15F2N3O2S/c1-8-6-10(13)11(7-9(8)12)15-19(17,18)16-4-2-14-3-5-16/h6-7,14-15H,2-5H2,1H3. The second-order valence-corrected chi connectivity index (χ2v) is 6.01. The molecule has 5 nitrogen and oxygen atoms in total. The molecular weight excluding hydrogens is 276 g/mol. The van der Waals surface area contributed by atoms with Crippen LogP contribution < -0.4 is 10.0 Å². The van der Waals surface area contributed by atoms with Gasteiger partial charge in [-0.2, -0.15) is 12.7 Å². The summed E-state index contributed by atoms with van der Waals surface area (Å²) < 4.78 is 54.2. The topological polar surface area (TPSA) is 61.4 Å². The first kappa shape index (κ1) is 14.2. The van der Waals surface area contributed by atoms with Gasteiger partial charge in [-0.05, 0) is 18.6 Å². The summed E-state index contributed by atoms with van der Waals surface area (Å²) in [4.78, 5) is 0. The van der Waals surface area contributed by atoms with Gasteiger partial charge >= 0.3 is 10.2 Å². The monoisotopic (exact) mass is 291 g/mol. The maximum absolute atomic E-state index is 13.6. The number of nitrogens with one attached hydrogen (secondary N) is 2. The lowest BCUT2D eigenvalue weighted by molar-refractivity contribution is 0.362. The molecule has 0 bridgehead atoms. The highest BCUT2D eigenvalue weighted by atomic mass is 32.2. The molecule has 2 rings (SSSR count). The average Bonchev–Trinajstić information content (AvgIpc) is 2.37. The fraction of sp³-hybridized carbons (Fsp3) is 0.455. The fourth-order valence-electron chi connectivity index (χ4n) is 1.81. The summed E-state index contributed by atoms with van der Waals surface area (Å²) in [6.07, 6.45) is 0. The maximum Gasteiger partial charge on any atom is 0.301 e. The predicted molar refractivity (Wildman–Crippen MR) is 68.1 cm³/mol. The Balaban J connectivity index is 2.22. The van der Waals surface area contributed by atoms with Crippen LogP contribution in [-0.4, -0.2) is 38.9 Å². The van der Waals surface area contributed by atoms with Crippen LogP contribution in [0.2, 0.25) is 0 Å². The van der Waals surface area contributed by atoms with E-state index in [9.17, 15) is 17.2 Å². The first-order valence-corrected chi connectivity index (χ1v) is 7.28. The van der Waals surface area contributed by atoms with Crippen molar-refractivity contribution in [3.63, 3.8) is 0 Å². The molecule has 0 aromatic heterocycles. The summed E-state index contributed by atoms with van der Waals surface area (Å²) in [6.45, 7) is 3.07. The minimum absolute atomic E-state index is 0.127. The van der Waals surface area contributed by atoms with Gasteiger partial charge in [0.2, 0.25) is 0 Å². The predicted octanol–water partition coefficient (Wildman–Crippen LogP) is 0.835. The van der Waals surface area contributed by atoms with Crippen LogP contribution in [0.5, 0.6) is 0 Å². The number of halogens is 2. The van der Waals surface area contributed by atoms with Crippen molar-refractivity contribution >= 4 is 15.9 Å². The van der Waals surface area contributed by atoms with Crippen LogP contribution in [0.15, 0.2) is 12.1 Å². The normalized spacial score (nSPS) is 17.4. The van der Waals surface area contributed by atoms with Crippen LogP contribution in [-0.2, 0) is 10.2 Å². The molecule has 106 valence electrons. The van der Waals surface area contributed by atoms with E-state index in [0.717, 1.165) is 12.1 Å². The van der Waals surface area contributed by atoms with Crippen molar-refractivity contribution in [2.24, 2.45) is 0 Å². The van der Waals surface area contributed by atoms with Crippen LogP contribution in [0, 0.1) is 18.6 Å². The molecule has 1 aliphatic heterocycles. The lowest BCUT2D eigenvalue weighted by atomic mass is 10.2. The summed E-state index contributed by atoms with van der Waals surface area (Å²) >= 11 is 0. The van der Waals surface area contributed by atoms with E-state index in [1.807, 2.05) is 0 Å². The molecule has 0 saturated carbocycles. The average molecular weight is 291 g/mol. The van der Waals surface area contributed by atoms with E-state index in [-0.39, 0.29) is 11.3 Å². The summed E-state index contributed by atoms with van der Waals surface area (Å²) in [5, 5.41) is 3.01. The molecule has 1 aromatic rings. The minimum atomic E-state index is -3.85. The van der Waals surface area contributed by atoms with E-state index in [1.54, 1.807) is 0 Å². The summed E-state index contributed by atoms with van der Waals surface area (Å²) in [6, 6.07) is 1.81. The molecular formula is C11H15F2N3O2S. The number of hydrogen-bond acceptors (Lipinski definition) is 3. The summed E-state index contributed by atoms with van der Waals surface area (Å²) in [5.41, 5.74) is -0.246. The van der Waals surface area contributed by atoms with Crippen molar-refractivity contribution in [1.29, 1.82) is 0 Å². The molecule has 1 aromatic carbocycles. The zero-order valence-corrected chi connectivity index (χ0v) is 11.2. The van der Waals surface area contributed by atoms with Crippen molar-refractivity contribution in [3.05, 3.63) is 29.3 Å². The second kappa shape index (κ2) is 5.40. The third-order valence-corrected chi connectivity index (χ3v) is 4.43. The first-order chi connectivity index (χ1) is 8.90. The van der Waals surface area contributed by atoms with Crippen LogP contribution in [0.25, 0.3) is 0 Å². The summed E-state index contributed by atoms with van der Waals surface area (Å²) in [5.74, 6) is -1.45. The Hall–Kier alpha value is -1.25. The van der Waals surface area contributed by atoms with Gasteiger partial charge in [0.05, 0.1) is 5.69 Å². The Kier molecular flexibility index (Phi) is 4.02. The van der Waals surface area contributed by atoms with Gasteiger partial charge in [-0.1, -0.05) is 0 Å². The highest BCUT2D eigenvalue weighted by Crippen LogP contribution is 2.20. The molecule has 1 fully saturated rings. The minimum Gasteiger partial charge on any atom is -0.314 e. The molecule has 1 aliphatic rings. The van der Waals surface area contributed by atoms with Gasteiger partial charge in [-0.25, -0.2) is 8.78 Å². The fourth-order valence-corrected chi connectivity index (χ4v) is 3.04. The Labute approximate surface area is 110 Å². The van der Waals surface area contributed by atoms with Crippen molar-refractivity contribution in [1.82, 2.24) is 9.62 Å². The molecule has 0 radical (unpaired) electrons. The zero-order chi connectivity index (χ0) is 14.0. The Morgan fingerprint density at radius 2 is 1.84 bits per heavy atom. The van der Waals surface area contributed by atoms with Crippen LogP contribution in [0.3, 0.4) is 0 Å². The molecule has 1 heterocycles. The van der Waals surface area contributed by atoms with Gasteiger partial charge < -0.3 is 5.32 Å². The number of nitrogens with zero attached hydrogens (tertiary/aromatic N) is 1.